The summed E-state index contributed by atoms with van der Waals surface area (Å²) in [5, 5.41) is 14.7. The lowest BCUT2D eigenvalue weighted by molar-refractivity contribution is -0.113. The van der Waals surface area contributed by atoms with Crippen LogP contribution in [0.3, 0.4) is 0 Å². The fraction of sp³-hybridized carbons (Fsp3) is 0.333. The van der Waals surface area contributed by atoms with Crippen LogP contribution in [0, 0.1) is 13.8 Å². The van der Waals surface area contributed by atoms with E-state index in [1.807, 2.05) is 48.9 Å². The maximum absolute atomic E-state index is 13.0. The molecule has 40 heavy (non-hydrogen) atoms. The Hall–Kier alpha value is -3.63. The molecule has 0 radical (unpaired) electrons. The first kappa shape index (κ1) is 29.4. The van der Waals surface area contributed by atoms with E-state index in [0.717, 1.165) is 46.7 Å². The molecule has 0 saturated carbocycles. The van der Waals surface area contributed by atoms with Crippen molar-refractivity contribution >= 4 is 45.7 Å². The van der Waals surface area contributed by atoms with Gasteiger partial charge in [-0.2, -0.15) is 0 Å². The first-order valence-corrected chi connectivity index (χ1v) is 15.2. The van der Waals surface area contributed by atoms with Gasteiger partial charge < -0.3 is 19.5 Å². The van der Waals surface area contributed by atoms with Gasteiger partial charge in [0.15, 0.2) is 11.0 Å². The molecule has 8 nitrogen and oxygen atoms in total. The number of rotatable bonds is 11. The van der Waals surface area contributed by atoms with Crippen LogP contribution in [0.1, 0.15) is 42.3 Å². The number of carbonyl (C=O) groups excluding carboxylic acids is 2. The van der Waals surface area contributed by atoms with E-state index >= 15 is 0 Å². The monoisotopic (exact) mass is 577 g/mol. The highest BCUT2D eigenvalue weighted by Gasteiger charge is 2.24. The lowest BCUT2D eigenvalue weighted by atomic mass is 9.97. The van der Waals surface area contributed by atoms with Crippen molar-refractivity contribution < 1.29 is 14.3 Å². The van der Waals surface area contributed by atoms with Crippen molar-refractivity contribution in [2.75, 3.05) is 36.2 Å². The van der Waals surface area contributed by atoms with Crippen LogP contribution in [0.4, 0.5) is 10.7 Å². The molecule has 0 unspecified atom stereocenters. The minimum atomic E-state index is -0.484. The second kappa shape index (κ2) is 13.1. The number of thiophene rings is 1. The molecule has 2 aromatic carbocycles. The zero-order valence-corrected chi connectivity index (χ0v) is 25.4. The van der Waals surface area contributed by atoms with Crippen LogP contribution in [0.15, 0.2) is 53.0 Å². The van der Waals surface area contributed by atoms with Gasteiger partial charge in [0, 0.05) is 41.8 Å². The second-order valence-electron chi connectivity index (χ2n) is 9.27. The third-order valence-corrected chi connectivity index (χ3v) is 8.60. The Balaban J connectivity index is 1.50. The van der Waals surface area contributed by atoms with Crippen molar-refractivity contribution in [3.8, 4) is 22.5 Å². The Morgan fingerprint density at radius 2 is 1.75 bits per heavy atom. The normalized spacial score (nSPS) is 10.9. The number of esters is 1. The number of nitrogens with one attached hydrogen (secondary N) is 1. The molecule has 1 amide bonds. The van der Waals surface area contributed by atoms with Crippen molar-refractivity contribution in [1.29, 1.82) is 0 Å². The number of hydrogen-bond donors (Lipinski definition) is 1. The molecule has 210 valence electrons. The van der Waals surface area contributed by atoms with E-state index in [9.17, 15) is 9.59 Å². The highest BCUT2D eigenvalue weighted by molar-refractivity contribution is 7.99. The van der Waals surface area contributed by atoms with Crippen molar-refractivity contribution in [2.45, 2.75) is 46.3 Å². The van der Waals surface area contributed by atoms with Gasteiger partial charge in [-0.05, 0) is 70.0 Å². The zero-order valence-electron chi connectivity index (χ0n) is 23.8. The van der Waals surface area contributed by atoms with Crippen molar-refractivity contribution in [3.05, 3.63) is 64.5 Å². The lowest BCUT2D eigenvalue weighted by Crippen LogP contribution is -2.21. The molecule has 0 aliphatic carbocycles. The Labute approximate surface area is 243 Å². The molecule has 0 fully saturated rings. The predicted molar refractivity (Wildman–Crippen MR) is 165 cm³/mol. The Morgan fingerprint density at radius 3 is 2.40 bits per heavy atom. The molecule has 1 N–H and O–H groups in total. The maximum Gasteiger partial charge on any atom is 0.341 e. The zero-order chi connectivity index (χ0) is 28.8. The van der Waals surface area contributed by atoms with Crippen LogP contribution < -0.4 is 10.2 Å². The van der Waals surface area contributed by atoms with Crippen molar-refractivity contribution in [3.63, 3.8) is 0 Å². The summed E-state index contributed by atoms with van der Waals surface area (Å²) < 4.78 is 7.08. The van der Waals surface area contributed by atoms with E-state index in [0.29, 0.717) is 22.3 Å². The molecule has 0 spiro atoms. The van der Waals surface area contributed by atoms with Gasteiger partial charge in [0.2, 0.25) is 5.91 Å². The standard InChI is InChI=1S/C30H35N5O3S2/c1-7-34(8-2)22-14-12-21(13-15-22)27-32-33-30(35(27)9-3)40-18-25(36)31-28-26(29(37)38-6)24(17-39-28)23-16-19(4)10-11-20(23)5/h10-17H,7-9,18H2,1-6H3,(H,31,36). The number of nitrogens with zero attached hydrogens (tertiary/aromatic N) is 4. The highest BCUT2D eigenvalue weighted by Crippen LogP contribution is 2.38. The lowest BCUT2D eigenvalue weighted by Gasteiger charge is -2.21. The molecule has 0 aliphatic rings. The number of anilines is 2. The van der Waals surface area contributed by atoms with E-state index in [1.165, 1.54) is 35.9 Å². The van der Waals surface area contributed by atoms with Gasteiger partial charge in [-0.1, -0.05) is 35.5 Å². The van der Waals surface area contributed by atoms with Gasteiger partial charge >= 0.3 is 5.97 Å². The van der Waals surface area contributed by atoms with E-state index in [4.69, 9.17) is 4.74 Å². The minimum Gasteiger partial charge on any atom is -0.465 e. The van der Waals surface area contributed by atoms with Gasteiger partial charge in [-0.3, -0.25) is 4.79 Å². The Bertz CT molecular complexity index is 1490. The van der Waals surface area contributed by atoms with Crippen LogP contribution in [0.2, 0.25) is 0 Å². The summed E-state index contributed by atoms with van der Waals surface area (Å²) in [6.45, 7) is 12.9. The van der Waals surface area contributed by atoms with Crippen molar-refractivity contribution in [1.82, 2.24) is 14.8 Å². The number of aryl methyl sites for hydroxylation is 2. The molecule has 0 atom stereocenters. The molecular weight excluding hydrogens is 542 g/mol. The van der Waals surface area contributed by atoms with Gasteiger partial charge in [0.1, 0.15) is 10.6 Å². The Kier molecular flexibility index (Phi) is 9.65. The smallest absolute Gasteiger partial charge is 0.341 e. The third kappa shape index (κ3) is 6.23. The van der Waals surface area contributed by atoms with Crippen LogP contribution in [-0.2, 0) is 16.1 Å². The quantitative estimate of drug-likeness (QED) is 0.157. The fourth-order valence-electron chi connectivity index (χ4n) is 4.58. The summed E-state index contributed by atoms with van der Waals surface area (Å²) in [6.07, 6.45) is 0. The fourth-order valence-corrected chi connectivity index (χ4v) is 6.34. The van der Waals surface area contributed by atoms with Gasteiger partial charge in [-0.15, -0.1) is 21.5 Å². The van der Waals surface area contributed by atoms with Crippen LogP contribution in [0.25, 0.3) is 22.5 Å². The second-order valence-corrected chi connectivity index (χ2v) is 11.1. The van der Waals surface area contributed by atoms with Gasteiger partial charge in [0.25, 0.3) is 0 Å². The number of ether oxygens (including phenoxy) is 1. The van der Waals surface area contributed by atoms with E-state index in [-0.39, 0.29) is 11.7 Å². The first-order valence-electron chi connectivity index (χ1n) is 13.3. The molecule has 4 aromatic rings. The summed E-state index contributed by atoms with van der Waals surface area (Å²) in [4.78, 5) is 28.1. The van der Waals surface area contributed by atoms with Crippen LogP contribution in [-0.4, -0.2) is 52.6 Å². The number of carbonyl (C=O) groups is 2. The summed E-state index contributed by atoms with van der Waals surface area (Å²) >= 11 is 2.63. The first-order chi connectivity index (χ1) is 19.3. The van der Waals surface area contributed by atoms with E-state index in [2.05, 4.69) is 58.5 Å². The number of benzene rings is 2. The predicted octanol–water partition coefficient (Wildman–Crippen LogP) is 6.67. The minimum absolute atomic E-state index is 0.121. The number of aromatic nitrogens is 3. The van der Waals surface area contributed by atoms with Crippen molar-refractivity contribution in [2.24, 2.45) is 0 Å². The number of amides is 1. The molecule has 2 aromatic heterocycles. The number of thioether (sulfide) groups is 1. The molecular formula is C30H35N5O3S2. The largest absolute Gasteiger partial charge is 0.465 e. The molecule has 0 bridgehead atoms. The molecule has 4 rings (SSSR count). The highest BCUT2D eigenvalue weighted by atomic mass is 32.2. The third-order valence-electron chi connectivity index (χ3n) is 6.74. The van der Waals surface area contributed by atoms with E-state index < -0.39 is 5.97 Å². The van der Waals surface area contributed by atoms with Gasteiger partial charge in [-0.25, -0.2) is 4.79 Å². The molecule has 0 aliphatic heterocycles. The number of hydrogen-bond acceptors (Lipinski definition) is 8. The number of methoxy groups -OCH3 is 1. The van der Waals surface area contributed by atoms with Crippen LogP contribution >= 0.6 is 23.1 Å². The summed E-state index contributed by atoms with van der Waals surface area (Å²) in [5.74, 6) is 0.166. The molecule has 0 saturated heterocycles. The van der Waals surface area contributed by atoms with Gasteiger partial charge in [0.05, 0.1) is 12.9 Å². The maximum atomic E-state index is 13.0. The summed E-state index contributed by atoms with van der Waals surface area (Å²) in [7, 11) is 1.35. The molecule has 10 heteroatoms. The average molecular weight is 578 g/mol. The Morgan fingerprint density at radius 1 is 1.02 bits per heavy atom. The van der Waals surface area contributed by atoms with Crippen LogP contribution in [0.5, 0.6) is 0 Å². The average Bonchev–Trinajstić information content (AvgIpc) is 3.57. The topological polar surface area (TPSA) is 89.3 Å². The SMILES string of the molecule is CCN(CC)c1ccc(-c2nnc(SCC(=O)Nc3scc(-c4cc(C)ccc4C)c3C(=O)OC)n2CC)cc1. The summed E-state index contributed by atoms with van der Waals surface area (Å²) in [5.41, 5.74) is 6.34. The van der Waals surface area contributed by atoms with E-state index in [1.54, 1.807) is 0 Å². The summed E-state index contributed by atoms with van der Waals surface area (Å²) in [6, 6.07) is 14.4. The molecule has 2 heterocycles.